The minimum atomic E-state index is -0.625. The monoisotopic (exact) mass is 589 g/mol. The number of carbonyl (C=O) groups is 4. The fourth-order valence-electron chi connectivity index (χ4n) is 4.29. The smallest absolute Gasteiger partial charge is 0.272 e. The molecule has 10 heteroatoms. The molecule has 1 heterocycles. The summed E-state index contributed by atoms with van der Waals surface area (Å²) in [4.78, 5) is 54.4. The molecule has 5 rings (SSSR count). The van der Waals surface area contributed by atoms with E-state index in [1.54, 1.807) is 85.1 Å². The first kappa shape index (κ1) is 28.9. The molecular formula is C33H27N5O4S. The zero-order valence-electron chi connectivity index (χ0n) is 22.8. The van der Waals surface area contributed by atoms with Gasteiger partial charge in [-0.15, -0.1) is 11.8 Å². The van der Waals surface area contributed by atoms with Crippen LogP contribution in [-0.4, -0.2) is 34.4 Å². The highest BCUT2D eigenvalue weighted by molar-refractivity contribution is 8.00. The molecule has 214 valence electrons. The third kappa shape index (κ3) is 7.38. The molecule has 1 aromatic heterocycles. The van der Waals surface area contributed by atoms with Gasteiger partial charge in [0.1, 0.15) is 5.70 Å². The number of anilines is 2. The van der Waals surface area contributed by atoms with Crippen molar-refractivity contribution >= 4 is 63.7 Å². The van der Waals surface area contributed by atoms with Gasteiger partial charge in [-0.1, -0.05) is 48.5 Å². The number of benzene rings is 4. The Kier molecular flexibility index (Phi) is 8.99. The Morgan fingerprint density at radius 3 is 2.26 bits per heavy atom. The van der Waals surface area contributed by atoms with Crippen LogP contribution < -0.4 is 21.7 Å². The highest BCUT2D eigenvalue weighted by Gasteiger charge is 2.16. The molecule has 5 aromatic rings. The fourth-order valence-corrected chi connectivity index (χ4v) is 4.98. The molecule has 0 atom stereocenters. The minimum Gasteiger partial charge on any atom is -0.366 e. The molecule has 4 amide bonds. The number of primary amides is 1. The number of nitrogens with one attached hydrogen (secondary N) is 4. The summed E-state index contributed by atoms with van der Waals surface area (Å²) in [6, 6.07) is 29.8. The number of fused-ring (bicyclic) bond motifs is 1. The standard InChI is InChI=1S/C33H27N5O4S/c34-31(40)26-11-5-7-13-28(26)37-30(39)20-43-24-16-14-23(15-17-24)36-33(42)29(38-32(41)21-8-2-1-3-9-21)18-22-19-35-27-12-6-4-10-25(22)27/h1-19,35H,20H2,(H2,34,40)(H,36,42)(H,37,39)(H,38,41). The van der Waals surface area contributed by atoms with Gasteiger partial charge in [0.2, 0.25) is 5.91 Å². The van der Waals surface area contributed by atoms with Crippen molar-refractivity contribution in [3.8, 4) is 0 Å². The van der Waals surface area contributed by atoms with Gasteiger partial charge in [-0.25, -0.2) is 0 Å². The Morgan fingerprint density at radius 1 is 0.791 bits per heavy atom. The van der Waals surface area contributed by atoms with Crippen molar-refractivity contribution in [2.45, 2.75) is 4.90 Å². The van der Waals surface area contributed by atoms with Gasteiger partial charge in [0, 0.05) is 38.8 Å². The maximum absolute atomic E-state index is 13.4. The Bertz CT molecular complexity index is 1830. The summed E-state index contributed by atoms with van der Waals surface area (Å²) in [7, 11) is 0. The second-order valence-corrected chi connectivity index (χ2v) is 10.4. The SMILES string of the molecule is NC(=O)c1ccccc1NC(=O)CSc1ccc(NC(=O)C(=Cc2c[nH]c3ccccc23)NC(=O)c2ccccc2)cc1. The molecule has 6 N–H and O–H groups in total. The predicted molar refractivity (Wildman–Crippen MR) is 170 cm³/mol. The fraction of sp³-hybridized carbons (Fsp3) is 0.0303. The van der Waals surface area contributed by atoms with E-state index in [9.17, 15) is 19.2 Å². The number of H-pyrrole nitrogens is 1. The summed E-state index contributed by atoms with van der Waals surface area (Å²) in [6.45, 7) is 0. The molecule has 0 spiro atoms. The molecule has 4 aromatic carbocycles. The quantitative estimate of drug-likeness (QED) is 0.109. The largest absolute Gasteiger partial charge is 0.366 e. The van der Waals surface area contributed by atoms with Gasteiger partial charge >= 0.3 is 0 Å². The van der Waals surface area contributed by atoms with Crippen LogP contribution in [0.15, 0.2) is 120 Å². The van der Waals surface area contributed by atoms with Crippen molar-refractivity contribution < 1.29 is 19.2 Å². The predicted octanol–water partition coefficient (Wildman–Crippen LogP) is 5.41. The van der Waals surface area contributed by atoms with Gasteiger partial charge in [-0.05, 0) is 60.7 Å². The van der Waals surface area contributed by atoms with Gasteiger partial charge in [0.15, 0.2) is 0 Å². The molecule has 0 bridgehead atoms. The lowest BCUT2D eigenvalue weighted by Gasteiger charge is -2.12. The Hall–Kier alpha value is -5.61. The molecule has 0 aliphatic rings. The number of rotatable bonds is 10. The second-order valence-electron chi connectivity index (χ2n) is 9.39. The third-order valence-corrected chi connectivity index (χ3v) is 7.41. The van der Waals surface area contributed by atoms with Crippen molar-refractivity contribution in [1.82, 2.24) is 10.3 Å². The van der Waals surface area contributed by atoms with E-state index in [0.29, 0.717) is 16.9 Å². The summed E-state index contributed by atoms with van der Waals surface area (Å²) in [5, 5.41) is 9.20. The molecule has 0 unspecified atom stereocenters. The molecule has 0 radical (unpaired) electrons. The topological polar surface area (TPSA) is 146 Å². The molecule has 0 aliphatic carbocycles. The lowest BCUT2D eigenvalue weighted by molar-refractivity contribution is -0.114. The van der Waals surface area contributed by atoms with Gasteiger partial charge < -0.3 is 26.7 Å². The van der Waals surface area contributed by atoms with Crippen LogP contribution in [0, 0.1) is 0 Å². The Labute approximate surface area is 251 Å². The average molecular weight is 590 g/mol. The number of aromatic nitrogens is 1. The summed E-state index contributed by atoms with van der Waals surface area (Å²) >= 11 is 1.29. The first-order chi connectivity index (χ1) is 20.9. The maximum atomic E-state index is 13.4. The summed E-state index contributed by atoms with van der Waals surface area (Å²) in [6.07, 6.45) is 3.41. The van der Waals surface area contributed by atoms with Crippen LogP contribution in [0.25, 0.3) is 17.0 Å². The first-order valence-electron chi connectivity index (χ1n) is 13.2. The number of amides is 4. The van der Waals surface area contributed by atoms with Crippen LogP contribution in [-0.2, 0) is 9.59 Å². The number of para-hydroxylation sites is 2. The minimum absolute atomic E-state index is 0.0740. The van der Waals surface area contributed by atoms with Crippen molar-refractivity contribution in [2.24, 2.45) is 5.73 Å². The molecule has 0 aliphatic heterocycles. The highest BCUT2D eigenvalue weighted by atomic mass is 32.2. The number of hydrogen-bond donors (Lipinski definition) is 5. The van der Waals surface area contributed by atoms with Gasteiger partial charge in [-0.2, -0.15) is 0 Å². The Balaban J connectivity index is 1.26. The second kappa shape index (κ2) is 13.4. The third-order valence-electron chi connectivity index (χ3n) is 6.40. The number of hydrogen-bond acceptors (Lipinski definition) is 5. The van der Waals surface area contributed by atoms with Crippen LogP contribution in [0.5, 0.6) is 0 Å². The van der Waals surface area contributed by atoms with Crippen molar-refractivity contribution in [3.05, 3.63) is 132 Å². The van der Waals surface area contributed by atoms with Crippen molar-refractivity contribution in [2.75, 3.05) is 16.4 Å². The highest BCUT2D eigenvalue weighted by Crippen LogP contribution is 2.23. The van der Waals surface area contributed by atoms with Crippen LogP contribution in [0.4, 0.5) is 11.4 Å². The molecule has 0 saturated heterocycles. The van der Waals surface area contributed by atoms with E-state index in [1.807, 2.05) is 30.3 Å². The van der Waals surface area contributed by atoms with Crippen LogP contribution in [0.3, 0.4) is 0 Å². The van der Waals surface area contributed by atoms with E-state index < -0.39 is 17.7 Å². The molecular weight excluding hydrogens is 562 g/mol. The normalized spacial score (nSPS) is 11.1. The van der Waals surface area contributed by atoms with Crippen LogP contribution >= 0.6 is 11.8 Å². The number of aromatic amines is 1. The molecule has 0 fully saturated rings. The Morgan fingerprint density at radius 2 is 1.49 bits per heavy atom. The lowest BCUT2D eigenvalue weighted by atomic mass is 10.1. The number of thioether (sulfide) groups is 1. The zero-order valence-corrected chi connectivity index (χ0v) is 23.6. The molecule has 43 heavy (non-hydrogen) atoms. The lowest BCUT2D eigenvalue weighted by Crippen LogP contribution is -2.30. The van der Waals surface area contributed by atoms with E-state index in [1.165, 1.54) is 11.8 Å². The maximum Gasteiger partial charge on any atom is 0.272 e. The number of nitrogens with two attached hydrogens (primary N) is 1. The van der Waals surface area contributed by atoms with E-state index in [4.69, 9.17) is 5.73 Å². The molecule has 0 saturated carbocycles. The molecule has 9 nitrogen and oxygen atoms in total. The van der Waals surface area contributed by atoms with E-state index in [2.05, 4.69) is 20.9 Å². The number of carbonyl (C=O) groups excluding carboxylic acids is 4. The van der Waals surface area contributed by atoms with E-state index >= 15 is 0 Å². The van der Waals surface area contributed by atoms with Gasteiger partial charge in [-0.3, -0.25) is 19.2 Å². The first-order valence-corrected chi connectivity index (χ1v) is 14.2. The van der Waals surface area contributed by atoms with Crippen LogP contribution in [0.1, 0.15) is 26.3 Å². The van der Waals surface area contributed by atoms with E-state index in [-0.39, 0.29) is 22.9 Å². The summed E-state index contributed by atoms with van der Waals surface area (Å²) < 4.78 is 0. The van der Waals surface area contributed by atoms with Crippen molar-refractivity contribution in [1.29, 1.82) is 0 Å². The van der Waals surface area contributed by atoms with Crippen LogP contribution in [0.2, 0.25) is 0 Å². The van der Waals surface area contributed by atoms with Crippen molar-refractivity contribution in [3.63, 3.8) is 0 Å². The van der Waals surface area contributed by atoms with Gasteiger partial charge in [0.25, 0.3) is 17.7 Å². The van der Waals surface area contributed by atoms with Gasteiger partial charge in [0.05, 0.1) is 17.0 Å². The zero-order chi connectivity index (χ0) is 30.2. The average Bonchev–Trinajstić information content (AvgIpc) is 3.43. The summed E-state index contributed by atoms with van der Waals surface area (Å²) in [5.74, 6) is -1.73. The van der Waals surface area contributed by atoms with E-state index in [0.717, 1.165) is 21.4 Å². The summed E-state index contributed by atoms with van der Waals surface area (Å²) in [5.41, 5.74) is 8.62.